The molecule has 21 heavy (non-hydrogen) atoms. The van der Waals surface area contributed by atoms with Gasteiger partial charge in [-0.1, -0.05) is 25.1 Å². The Morgan fingerprint density at radius 1 is 1.43 bits per heavy atom. The Hall–Kier alpha value is -1.75. The molecule has 0 saturated carbocycles. The Balaban J connectivity index is 1.62. The number of aliphatic imine (C=N–C) groups is 1. The fraction of sp³-hybridized carbons (Fsp3) is 0.562. The molecule has 1 aromatic rings. The highest BCUT2D eigenvalue weighted by atomic mass is 16.5. The molecule has 1 atom stereocenters. The van der Waals surface area contributed by atoms with E-state index in [0.717, 1.165) is 18.8 Å². The van der Waals surface area contributed by atoms with Crippen molar-refractivity contribution in [1.29, 1.82) is 0 Å². The number of rotatable bonds is 7. The number of hydrogen-bond donors (Lipinski definition) is 2. The standard InChI is InChI=1S/C16H26N4O/c1-2-20-11-6-7-14(20)13-19-16(17)18-10-12-21-15-8-4-3-5-9-15/h3-5,8-9,14H,2,6-7,10-13H2,1H3,(H3,17,18,19). The van der Waals surface area contributed by atoms with Crippen molar-refractivity contribution in [2.45, 2.75) is 25.8 Å². The molecule has 1 aliphatic rings. The van der Waals surface area contributed by atoms with Crippen LogP contribution in [0.25, 0.3) is 0 Å². The Morgan fingerprint density at radius 2 is 2.24 bits per heavy atom. The third-order valence-electron chi connectivity index (χ3n) is 3.80. The van der Waals surface area contributed by atoms with E-state index in [1.165, 1.54) is 19.4 Å². The van der Waals surface area contributed by atoms with Gasteiger partial charge < -0.3 is 15.8 Å². The van der Waals surface area contributed by atoms with Crippen LogP contribution in [-0.4, -0.2) is 49.7 Å². The maximum atomic E-state index is 5.88. The van der Waals surface area contributed by atoms with Gasteiger partial charge in [0, 0.05) is 6.04 Å². The fourth-order valence-electron chi connectivity index (χ4n) is 2.64. The highest BCUT2D eigenvalue weighted by Gasteiger charge is 2.22. The van der Waals surface area contributed by atoms with E-state index in [1.54, 1.807) is 0 Å². The van der Waals surface area contributed by atoms with Crippen LogP contribution in [0.5, 0.6) is 5.75 Å². The summed E-state index contributed by atoms with van der Waals surface area (Å²) in [4.78, 5) is 6.90. The summed E-state index contributed by atoms with van der Waals surface area (Å²) in [5.41, 5.74) is 5.88. The average molecular weight is 290 g/mol. The van der Waals surface area contributed by atoms with Crippen molar-refractivity contribution in [2.75, 3.05) is 32.8 Å². The fourth-order valence-corrected chi connectivity index (χ4v) is 2.64. The van der Waals surface area contributed by atoms with Gasteiger partial charge in [-0.05, 0) is 38.1 Å². The first kappa shape index (κ1) is 15.6. The van der Waals surface area contributed by atoms with Crippen LogP contribution in [-0.2, 0) is 0 Å². The van der Waals surface area contributed by atoms with Gasteiger partial charge in [-0.3, -0.25) is 9.89 Å². The first-order valence-electron chi connectivity index (χ1n) is 7.75. The molecule has 0 aromatic heterocycles. The number of likely N-dealkylation sites (N-methyl/N-ethyl adjacent to an activating group) is 1. The number of nitrogens with zero attached hydrogens (tertiary/aromatic N) is 2. The Kier molecular flexibility index (Phi) is 6.34. The lowest BCUT2D eigenvalue weighted by Gasteiger charge is -2.20. The number of benzene rings is 1. The molecule has 0 spiro atoms. The monoisotopic (exact) mass is 290 g/mol. The number of likely N-dealkylation sites (tertiary alicyclic amines) is 1. The number of hydrogen-bond acceptors (Lipinski definition) is 3. The molecule has 0 bridgehead atoms. The van der Waals surface area contributed by atoms with Crippen molar-refractivity contribution in [3.8, 4) is 5.75 Å². The Bertz CT molecular complexity index is 435. The molecule has 1 fully saturated rings. The molecule has 1 unspecified atom stereocenters. The van der Waals surface area contributed by atoms with Crippen LogP contribution in [0.4, 0.5) is 0 Å². The minimum atomic E-state index is 0.509. The van der Waals surface area contributed by atoms with Gasteiger partial charge >= 0.3 is 0 Å². The number of nitrogens with two attached hydrogens (primary N) is 1. The molecule has 2 rings (SSSR count). The van der Waals surface area contributed by atoms with Gasteiger partial charge in [0.2, 0.25) is 0 Å². The summed E-state index contributed by atoms with van der Waals surface area (Å²) in [6, 6.07) is 10.3. The molecular weight excluding hydrogens is 264 g/mol. The lowest BCUT2D eigenvalue weighted by Crippen LogP contribution is -2.37. The smallest absolute Gasteiger partial charge is 0.188 e. The second-order valence-electron chi connectivity index (χ2n) is 5.24. The Morgan fingerprint density at radius 3 is 3.00 bits per heavy atom. The predicted molar refractivity (Wildman–Crippen MR) is 86.7 cm³/mol. The van der Waals surface area contributed by atoms with E-state index >= 15 is 0 Å². The summed E-state index contributed by atoms with van der Waals surface area (Å²) in [5, 5.41) is 3.09. The van der Waals surface area contributed by atoms with E-state index in [9.17, 15) is 0 Å². The third-order valence-corrected chi connectivity index (χ3v) is 3.80. The van der Waals surface area contributed by atoms with Gasteiger partial charge in [0.25, 0.3) is 0 Å². The second-order valence-corrected chi connectivity index (χ2v) is 5.24. The average Bonchev–Trinajstić information content (AvgIpc) is 2.98. The van der Waals surface area contributed by atoms with Gasteiger partial charge in [-0.15, -0.1) is 0 Å². The number of guanidine groups is 1. The summed E-state index contributed by atoms with van der Waals surface area (Å²) in [7, 11) is 0. The van der Waals surface area contributed by atoms with Crippen LogP contribution in [0.2, 0.25) is 0 Å². The van der Waals surface area contributed by atoms with Gasteiger partial charge in [-0.25, -0.2) is 0 Å². The zero-order chi connectivity index (χ0) is 14.9. The normalized spacial score (nSPS) is 19.7. The molecule has 3 N–H and O–H groups in total. The summed E-state index contributed by atoms with van der Waals surface area (Å²) in [5.74, 6) is 1.38. The van der Waals surface area contributed by atoms with Crippen molar-refractivity contribution < 1.29 is 4.74 Å². The van der Waals surface area contributed by atoms with E-state index in [2.05, 4.69) is 22.1 Å². The number of nitrogens with one attached hydrogen (secondary N) is 1. The third kappa shape index (κ3) is 5.27. The van der Waals surface area contributed by atoms with Crippen LogP contribution in [0.3, 0.4) is 0 Å². The molecule has 1 heterocycles. The van der Waals surface area contributed by atoms with Crippen LogP contribution < -0.4 is 15.8 Å². The van der Waals surface area contributed by atoms with Crippen LogP contribution in [0.15, 0.2) is 35.3 Å². The quantitative estimate of drug-likeness (QED) is 0.453. The lowest BCUT2D eigenvalue weighted by atomic mass is 10.2. The lowest BCUT2D eigenvalue weighted by molar-refractivity contribution is 0.273. The van der Waals surface area contributed by atoms with Gasteiger partial charge in [0.05, 0.1) is 13.1 Å². The van der Waals surface area contributed by atoms with Crippen molar-refractivity contribution in [3.05, 3.63) is 30.3 Å². The largest absolute Gasteiger partial charge is 0.492 e. The van der Waals surface area contributed by atoms with Crippen LogP contribution >= 0.6 is 0 Å². The van der Waals surface area contributed by atoms with Crippen molar-refractivity contribution in [2.24, 2.45) is 10.7 Å². The van der Waals surface area contributed by atoms with E-state index in [1.807, 2.05) is 30.3 Å². The van der Waals surface area contributed by atoms with Crippen molar-refractivity contribution in [1.82, 2.24) is 10.2 Å². The molecular formula is C16H26N4O. The van der Waals surface area contributed by atoms with E-state index in [0.29, 0.717) is 25.2 Å². The molecule has 0 aliphatic carbocycles. The summed E-state index contributed by atoms with van der Waals surface area (Å²) >= 11 is 0. The molecule has 1 aromatic carbocycles. The van der Waals surface area contributed by atoms with Gasteiger partial charge in [0.15, 0.2) is 5.96 Å². The summed E-state index contributed by atoms with van der Waals surface area (Å²) in [6.07, 6.45) is 2.49. The topological polar surface area (TPSA) is 62.9 Å². The predicted octanol–water partition coefficient (Wildman–Crippen LogP) is 1.45. The van der Waals surface area contributed by atoms with E-state index in [4.69, 9.17) is 10.5 Å². The second kappa shape index (κ2) is 8.52. The summed E-state index contributed by atoms with van der Waals surface area (Å²) < 4.78 is 5.59. The maximum Gasteiger partial charge on any atom is 0.188 e. The van der Waals surface area contributed by atoms with Gasteiger partial charge in [-0.2, -0.15) is 0 Å². The van der Waals surface area contributed by atoms with Crippen molar-refractivity contribution in [3.63, 3.8) is 0 Å². The first-order valence-corrected chi connectivity index (χ1v) is 7.75. The van der Waals surface area contributed by atoms with E-state index < -0.39 is 0 Å². The Labute approximate surface area is 127 Å². The zero-order valence-electron chi connectivity index (χ0n) is 12.8. The number of para-hydroxylation sites is 1. The molecule has 0 radical (unpaired) electrons. The minimum absolute atomic E-state index is 0.509. The highest BCUT2D eigenvalue weighted by molar-refractivity contribution is 5.77. The molecule has 5 heteroatoms. The highest BCUT2D eigenvalue weighted by Crippen LogP contribution is 2.16. The first-order chi connectivity index (χ1) is 10.3. The van der Waals surface area contributed by atoms with Crippen LogP contribution in [0.1, 0.15) is 19.8 Å². The summed E-state index contributed by atoms with van der Waals surface area (Å²) in [6.45, 7) is 6.50. The maximum absolute atomic E-state index is 5.88. The minimum Gasteiger partial charge on any atom is -0.492 e. The molecule has 5 nitrogen and oxygen atoms in total. The molecule has 0 amide bonds. The van der Waals surface area contributed by atoms with Gasteiger partial charge in [0.1, 0.15) is 12.4 Å². The molecule has 116 valence electrons. The molecule has 1 saturated heterocycles. The number of ether oxygens (including phenoxy) is 1. The SMILES string of the molecule is CCN1CCCC1CN=C(N)NCCOc1ccccc1. The molecule has 1 aliphatic heterocycles. The van der Waals surface area contributed by atoms with Crippen LogP contribution in [0, 0.1) is 0 Å². The zero-order valence-corrected chi connectivity index (χ0v) is 12.8. The van der Waals surface area contributed by atoms with E-state index in [-0.39, 0.29) is 0 Å². The van der Waals surface area contributed by atoms with Crippen molar-refractivity contribution >= 4 is 5.96 Å².